The fourth-order valence-corrected chi connectivity index (χ4v) is 4.60. The second-order valence-electron chi connectivity index (χ2n) is 11.4. The van der Waals surface area contributed by atoms with Gasteiger partial charge in [0.05, 0.1) is 35.5 Å². The third-order valence-corrected chi connectivity index (χ3v) is 7.14. The average Bonchev–Trinajstić information content (AvgIpc) is 3.01. The summed E-state index contributed by atoms with van der Waals surface area (Å²) in [4.78, 5) is 45.9. The quantitative estimate of drug-likeness (QED) is 0.105. The highest BCUT2D eigenvalue weighted by Crippen LogP contribution is 2.14. The van der Waals surface area contributed by atoms with Gasteiger partial charge in [-0.05, 0) is 43.0 Å². The number of rotatable bonds is 21. The summed E-state index contributed by atoms with van der Waals surface area (Å²) in [6.45, 7) is 7.36. The SMILES string of the molecule is CC(C)CCCCCCCOC(=O)c1ccccc1C(=O)O.CCCCCCCCCCOC(=O)c1ccccc1C(=O)O. The Bertz CT molecular complexity index is 1120. The molecule has 0 atom stereocenters. The molecule has 0 fully saturated rings. The van der Waals surface area contributed by atoms with E-state index >= 15 is 0 Å². The maximum absolute atomic E-state index is 11.9. The normalized spacial score (nSPS) is 10.5. The Kier molecular flexibility index (Phi) is 20.7. The van der Waals surface area contributed by atoms with E-state index in [1.54, 1.807) is 24.3 Å². The van der Waals surface area contributed by atoms with Gasteiger partial charge in [-0.2, -0.15) is 0 Å². The van der Waals surface area contributed by atoms with Crippen LogP contribution in [0.1, 0.15) is 152 Å². The summed E-state index contributed by atoms with van der Waals surface area (Å²) in [6, 6.07) is 12.3. The van der Waals surface area contributed by atoms with E-state index in [0.29, 0.717) is 13.2 Å². The van der Waals surface area contributed by atoms with E-state index in [1.807, 2.05) is 0 Å². The number of hydrogen-bond acceptors (Lipinski definition) is 6. The number of carbonyl (C=O) groups is 4. The Labute approximate surface area is 263 Å². The van der Waals surface area contributed by atoms with Crippen LogP contribution in [-0.2, 0) is 9.47 Å². The van der Waals surface area contributed by atoms with Crippen molar-refractivity contribution in [2.45, 2.75) is 111 Å². The first-order valence-corrected chi connectivity index (χ1v) is 16.2. The summed E-state index contributed by atoms with van der Waals surface area (Å²) in [5.41, 5.74) is 0.214. The standard InChI is InChI=1S/2C18H26O4/c1-14(2)10-6-4-3-5-9-13-22-18(21)16-12-8-7-11-15(16)17(19)20;1-2-3-4-5-6-7-8-11-14-22-18(21)16-13-10-9-12-15(16)17(19)20/h7-8,11-12,14H,3-6,9-10,13H2,1-2H3,(H,19,20);9-10,12-13H,2-8,11,14H2,1H3,(H,19,20). The lowest BCUT2D eigenvalue weighted by atomic mass is 10.0. The van der Waals surface area contributed by atoms with Gasteiger partial charge in [0.25, 0.3) is 0 Å². The zero-order valence-corrected chi connectivity index (χ0v) is 26.9. The monoisotopic (exact) mass is 612 g/mol. The summed E-state index contributed by atoms with van der Waals surface area (Å²) in [6.07, 6.45) is 16.1. The van der Waals surface area contributed by atoms with Gasteiger partial charge in [-0.25, -0.2) is 19.2 Å². The molecule has 0 aliphatic rings. The second kappa shape index (κ2) is 23.7. The minimum atomic E-state index is -1.11. The van der Waals surface area contributed by atoms with Crippen LogP contribution in [-0.4, -0.2) is 47.3 Å². The third kappa shape index (κ3) is 16.8. The van der Waals surface area contributed by atoms with Crippen LogP contribution in [0.3, 0.4) is 0 Å². The number of esters is 2. The molecule has 8 heteroatoms. The number of carboxylic acid groups (broad SMARTS) is 2. The predicted octanol–water partition coefficient (Wildman–Crippen LogP) is 9.22. The highest BCUT2D eigenvalue weighted by molar-refractivity contribution is 6.03. The van der Waals surface area contributed by atoms with Crippen molar-refractivity contribution >= 4 is 23.9 Å². The molecule has 0 radical (unpaired) electrons. The molecule has 8 nitrogen and oxygen atoms in total. The molecular weight excluding hydrogens is 560 g/mol. The van der Waals surface area contributed by atoms with Gasteiger partial charge in [-0.15, -0.1) is 0 Å². The van der Waals surface area contributed by atoms with E-state index < -0.39 is 23.9 Å². The molecule has 0 bridgehead atoms. The zero-order valence-electron chi connectivity index (χ0n) is 26.9. The van der Waals surface area contributed by atoms with Crippen LogP contribution in [0.2, 0.25) is 0 Å². The van der Waals surface area contributed by atoms with Crippen molar-refractivity contribution in [3.05, 3.63) is 70.8 Å². The van der Waals surface area contributed by atoms with Crippen LogP contribution < -0.4 is 0 Å². The first kappa shape index (κ1) is 38.3. The average molecular weight is 613 g/mol. The molecule has 0 aromatic heterocycles. The van der Waals surface area contributed by atoms with Crippen LogP contribution in [0.25, 0.3) is 0 Å². The Morgan fingerprint density at radius 3 is 1.25 bits per heavy atom. The van der Waals surface area contributed by atoms with Gasteiger partial charge in [-0.3, -0.25) is 0 Å². The fourth-order valence-electron chi connectivity index (χ4n) is 4.60. The molecule has 0 aliphatic heterocycles. The predicted molar refractivity (Wildman–Crippen MR) is 173 cm³/mol. The van der Waals surface area contributed by atoms with E-state index in [4.69, 9.17) is 19.7 Å². The second-order valence-corrected chi connectivity index (χ2v) is 11.4. The summed E-state index contributed by atoms with van der Waals surface area (Å²) in [5.74, 6) is -2.58. The highest BCUT2D eigenvalue weighted by atomic mass is 16.5. The minimum absolute atomic E-state index is 0.0107. The van der Waals surface area contributed by atoms with E-state index in [2.05, 4.69) is 20.8 Å². The molecule has 0 saturated heterocycles. The van der Waals surface area contributed by atoms with Crippen LogP contribution in [0, 0.1) is 5.92 Å². The van der Waals surface area contributed by atoms with E-state index in [1.165, 1.54) is 75.6 Å². The summed E-state index contributed by atoms with van der Waals surface area (Å²) in [5, 5.41) is 18.1. The number of unbranched alkanes of at least 4 members (excludes halogenated alkanes) is 11. The molecule has 2 aromatic rings. The third-order valence-electron chi connectivity index (χ3n) is 7.14. The van der Waals surface area contributed by atoms with Crippen LogP contribution in [0.5, 0.6) is 0 Å². The van der Waals surface area contributed by atoms with Crippen molar-refractivity contribution in [1.29, 1.82) is 0 Å². The van der Waals surface area contributed by atoms with E-state index in [9.17, 15) is 19.2 Å². The lowest BCUT2D eigenvalue weighted by Crippen LogP contribution is -2.12. The van der Waals surface area contributed by atoms with Crippen LogP contribution in [0.15, 0.2) is 48.5 Å². The number of hydrogen-bond donors (Lipinski definition) is 2. The van der Waals surface area contributed by atoms with Gasteiger partial charge in [0.15, 0.2) is 0 Å². The Morgan fingerprint density at radius 2 is 0.886 bits per heavy atom. The van der Waals surface area contributed by atoms with Crippen molar-refractivity contribution in [3.63, 3.8) is 0 Å². The molecule has 0 aliphatic carbocycles. The van der Waals surface area contributed by atoms with Gasteiger partial charge in [0.1, 0.15) is 0 Å². The molecule has 2 rings (SSSR count). The van der Waals surface area contributed by atoms with Gasteiger partial charge in [-0.1, -0.05) is 122 Å². The first-order valence-electron chi connectivity index (χ1n) is 16.2. The van der Waals surface area contributed by atoms with Gasteiger partial charge in [0, 0.05) is 0 Å². The molecule has 2 aromatic carbocycles. The molecule has 0 saturated carbocycles. The maximum Gasteiger partial charge on any atom is 0.339 e. The summed E-state index contributed by atoms with van der Waals surface area (Å²) in [7, 11) is 0. The highest BCUT2D eigenvalue weighted by Gasteiger charge is 2.17. The van der Waals surface area contributed by atoms with Crippen molar-refractivity contribution in [2.24, 2.45) is 5.92 Å². The van der Waals surface area contributed by atoms with Crippen LogP contribution in [0.4, 0.5) is 0 Å². The lowest BCUT2D eigenvalue weighted by Gasteiger charge is -2.07. The van der Waals surface area contributed by atoms with Gasteiger partial charge in [0.2, 0.25) is 0 Å². The van der Waals surface area contributed by atoms with Crippen molar-refractivity contribution in [2.75, 3.05) is 13.2 Å². The molecule has 0 heterocycles. The largest absolute Gasteiger partial charge is 0.478 e. The number of aromatic carboxylic acids is 2. The minimum Gasteiger partial charge on any atom is -0.478 e. The van der Waals surface area contributed by atoms with Crippen LogP contribution >= 0.6 is 0 Å². The Hall–Kier alpha value is -3.68. The van der Waals surface area contributed by atoms with E-state index in [0.717, 1.165) is 44.4 Å². The lowest BCUT2D eigenvalue weighted by molar-refractivity contribution is 0.0482. The maximum atomic E-state index is 11.9. The fraction of sp³-hybridized carbons (Fsp3) is 0.556. The smallest absolute Gasteiger partial charge is 0.339 e. The molecule has 244 valence electrons. The van der Waals surface area contributed by atoms with E-state index in [-0.39, 0.29) is 22.3 Å². The van der Waals surface area contributed by atoms with Gasteiger partial charge >= 0.3 is 23.9 Å². The molecule has 44 heavy (non-hydrogen) atoms. The van der Waals surface area contributed by atoms with Gasteiger partial charge < -0.3 is 19.7 Å². The number of carboxylic acids is 2. The molecule has 0 amide bonds. The molecule has 0 spiro atoms. The number of benzene rings is 2. The number of carbonyl (C=O) groups excluding carboxylic acids is 2. The summed E-state index contributed by atoms with van der Waals surface area (Å²) >= 11 is 0. The molecule has 0 unspecified atom stereocenters. The van der Waals surface area contributed by atoms with Crippen molar-refractivity contribution in [1.82, 2.24) is 0 Å². The molecular formula is C36H52O8. The molecule has 2 N–H and O–H groups in total. The van der Waals surface area contributed by atoms with Crippen molar-refractivity contribution in [3.8, 4) is 0 Å². The zero-order chi connectivity index (χ0) is 32.6. The Balaban J connectivity index is 0.000000440. The Morgan fingerprint density at radius 1 is 0.545 bits per heavy atom. The summed E-state index contributed by atoms with van der Waals surface area (Å²) < 4.78 is 10.3. The van der Waals surface area contributed by atoms with Crippen molar-refractivity contribution < 1.29 is 38.9 Å². The number of ether oxygens (including phenoxy) is 2. The topological polar surface area (TPSA) is 127 Å². The first-order chi connectivity index (χ1) is 21.2.